The van der Waals surface area contributed by atoms with Crippen LogP contribution in [0.4, 0.5) is 23.2 Å². The zero-order valence-corrected chi connectivity index (χ0v) is 12.6. The molecular weight excluding hydrogens is 362 g/mol. The Hall–Kier alpha value is -2.01. The Morgan fingerprint density at radius 1 is 1.39 bits per heavy atom. The average molecular weight is 370 g/mol. The number of thioether (sulfide) groups is 1. The van der Waals surface area contributed by atoms with E-state index in [2.05, 4.69) is 15.5 Å². The van der Waals surface area contributed by atoms with Crippen LogP contribution in [0.25, 0.3) is 0 Å². The molecule has 0 aliphatic carbocycles. The van der Waals surface area contributed by atoms with Crippen LogP contribution >= 0.6 is 23.4 Å². The number of hydrogen-bond donors (Lipinski definition) is 2. The molecule has 2 aromatic rings. The molecule has 0 fully saturated rings. The summed E-state index contributed by atoms with van der Waals surface area (Å²) in [5, 5.41) is 8.28. The lowest BCUT2D eigenvalue weighted by Gasteiger charge is -2.07. The molecule has 0 saturated heterocycles. The number of rotatable bonds is 4. The summed E-state index contributed by atoms with van der Waals surface area (Å²) in [5.41, 5.74) is 0.170. The van der Waals surface area contributed by atoms with Crippen molar-refractivity contribution in [2.24, 2.45) is 0 Å². The number of carbonyl (C=O) groups is 1. The maximum Gasteiger partial charge on any atom is 0.453 e. The van der Waals surface area contributed by atoms with Crippen LogP contribution in [0.3, 0.4) is 0 Å². The molecule has 1 aromatic heterocycles. The molecule has 6 nitrogen and oxygen atoms in total. The van der Waals surface area contributed by atoms with Crippen LogP contribution in [0.5, 0.6) is 0 Å². The van der Waals surface area contributed by atoms with Gasteiger partial charge in [0.05, 0.1) is 16.5 Å². The molecule has 3 N–H and O–H groups in total. The van der Waals surface area contributed by atoms with E-state index in [1.165, 1.54) is 6.07 Å². The van der Waals surface area contributed by atoms with Crippen molar-refractivity contribution in [2.45, 2.75) is 11.3 Å². The number of halogens is 5. The fourth-order valence-corrected chi connectivity index (χ4v) is 2.35. The molecule has 12 heteroatoms. The van der Waals surface area contributed by atoms with Crippen LogP contribution in [0.15, 0.2) is 23.4 Å². The van der Waals surface area contributed by atoms with Gasteiger partial charge in [-0.25, -0.2) is 9.07 Å². The predicted molar refractivity (Wildman–Crippen MR) is 75.9 cm³/mol. The lowest BCUT2D eigenvalue weighted by Crippen LogP contribution is -2.22. The summed E-state index contributed by atoms with van der Waals surface area (Å²) in [6, 6.07) is 3.37. The van der Waals surface area contributed by atoms with Gasteiger partial charge >= 0.3 is 6.18 Å². The largest absolute Gasteiger partial charge is 0.453 e. The summed E-state index contributed by atoms with van der Waals surface area (Å²) in [7, 11) is 0. The second kappa shape index (κ2) is 6.62. The van der Waals surface area contributed by atoms with Crippen molar-refractivity contribution in [3.05, 3.63) is 34.9 Å². The smallest absolute Gasteiger partial charge is 0.335 e. The van der Waals surface area contributed by atoms with Gasteiger partial charge in [-0.15, -0.1) is 10.2 Å². The quantitative estimate of drug-likeness (QED) is 0.491. The van der Waals surface area contributed by atoms with Gasteiger partial charge in [-0.05, 0) is 18.2 Å². The monoisotopic (exact) mass is 369 g/mol. The van der Waals surface area contributed by atoms with Crippen molar-refractivity contribution in [2.75, 3.05) is 16.9 Å². The zero-order chi connectivity index (χ0) is 17.2. The number of alkyl halides is 3. The highest BCUT2D eigenvalue weighted by Gasteiger charge is 2.38. The van der Waals surface area contributed by atoms with E-state index < -0.39 is 23.7 Å². The lowest BCUT2D eigenvalue weighted by molar-refractivity contribution is -0.146. The van der Waals surface area contributed by atoms with Crippen molar-refractivity contribution >= 4 is 35.0 Å². The molecule has 124 valence electrons. The van der Waals surface area contributed by atoms with Gasteiger partial charge in [-0.3, -0.25) is 4.79 Å². The van der Waals surface area contributed by atoms with Gasteiger partial charge in [0.1, 0.15) is 5.82 Å². The van der Waals surface area contributed by atoms with Crippen molar-refractivity contribution in [3.63, 3.8) is 0 Å². The van der Waals surface area contributed by atoms with Crippen LogP contribution in [0, 0.1) is 5.82 Å². The second-order valence-corrected chi connectivity index (χ2v) is 5.48. The van der Waals surface area contributed by atoms with Crippen LogP contribution in [0.1, 0.15) is 5.82 Å². The van der Waals surface area contributed by atoms with Crippen molar-refractivity contribution in [1.29, 1.82) is 0 Å². The number of amides is 1. The number of anilines is 1. The highest BCUT2D eigenvalue weighted by molar-refractivity contribution is 7.99. The number of benzene rings is 1. The summed E-state index contributed by atoms with van der Waals surface area (Å²) in [5.74, 6) is 2.41. The van der Waals surface area contributed by atoms with E-state index in [-0.39, 0.29) is 26.3 Å². The van der Waals surface area contributed by atoms with Crippen LogP contribution in [-0.2, 0) is 11.0 Å². The standard InChI is InChI=1S/C11H8ClF4N5OS/c12-6-3-5(13)1-2-7(6)18-8(22)4-23-10-20-19-9(21(10)17)11(14,15)16/h1-3H,4,17H2,(H,18,22). The molecule has 1 aromatic carbocycles. The van der Waals surface area contributed by atoms with Crippen molar-refractivity contribution < 1.29 is 22.4 Å². The first kappa shape index (κ1) is 17.3. The van der Waals surface area contributed by atoms with Gasteiger partial charge < -0.3 is 11.2 Å². The van der Waals surface area contributed by atoms with E-state index in [4.69, 9.17) is 17.4 Å². The van der Waals surface area contributed by atoms with Crippen molar-refractivity contribution in [3.8, 4) is 0 Å². The molecule has 1 heterocycles. The minimum atomic E-state index is -4.75. The second-order valence-electron chi connectivity index (χ2n) is 4.13. The molecule has 0 atom stereocenters. The number of nitrogens with two attached hydrogens (primary N) is 1. The maximum atomic E-state index is 12.9. The van der Waals surface area contributed by atoms with E-state index in [0.29, 0.717) is 11.8 Å². The highest BCUT2D eigenvalue weighted by Crippen LogP contribution is 2.29. The number of carbonyl (C=O) groups excluding carboxylic acids is 1. The normalized spacial score (nSPS) is 11.5. The average Bonchev–Trinajstić information content (AvgIpc) is 2.81. The number of hydrogen-bond acceptors (Lipinski definition) is 5. The van der Waals surface area contributed by atoms with Crippen molar-refractivity contribution in [1.82, 2.24) is 14.9 Å². The zero-order valence-electron chi connectivity index (χ0n) is 11.1. The van der Waals surface area contributed by atoms with Gasteiger partial charge in [0.25, 0.3) is 5.82 Å². The highest BCUT2D eigenvalue weighted by atomic mass is 35.5. The Bertz CT molecular complexity index is 736. The Labute approximate surface area is 136 Å². The topological polar surface area (TPSA) is 85.8 Å². The first-order valence-corrected chi connectivity index (χ1v) is 7.20. The van der Waals surface area contributed by atoms with Crippen LogP contribution in [-0.4, -0.2) is 26.5 Å². The Kier molecular flexibility index (Phi) is 5.00. The third-order valence-electron chi connectivity index (χ3n) is 2.46. The number of aromatic nitrogens is 3. The molecule has 0 bridgehead atoms. The number of nitrogens with one attached hydrogen (secondary N) is 1. The van der Waals surface area contributed by atoms with Crippen LogP contribution in [0.2, 0.25) is 5.02 Å². The van der Waals surface area contributed by atoms with Crippen LogP contribution < -0.4 is 11.2 Å². The first-order chi connectivity index (χ1) is 10.7. The SMILES string of the molecule is Nn1c(SCC(=O)Nc2ccc(F)cc2Cl)nnc1C(F)(F)F. The summed E-state index contributed by atoms with van der Waals surface area (Å²) < 4.78 is 50.6. The Morgan fingerprint density at radius 3 is 2.65 bits per heavy atom. The maximum absolute atomic E-state index is 12.9. The van der Waals surface area contributed by atoms with E-state index in [9.17, 15) is 22.4 Å². The Balaban J connectivity index is 1.98. The Morgan fingerprint density at radius 2 is 2.09 bits per heavy atom. The van der Waals surface area contributed by atoms with Gasteiger partial charge in [0.2, 0.25) is 11.1 Å². The predicted octanol–water partition coefficient (Wildman–Crippen LogP) is 2.53. The van der Waals surface area contributed by atoms with E-state index in [1.54, 1.807) is 0 Å². The molecular formula is C11H8ClF4N5OS. The minimum Gasteiger partial charge on any atom is -0.335 e. The molecule has 0 unspecified atom stereocenters. The van der Waals surface area contributed by atoms with Gasteiger partial charge in [0, 0.05) is 0 Å². The summed E-state index contributed by atoms with van der Waals surface area (Å²) in [6.07, 6.45) is -4.75. The van der Waals surface area contributed by atoms with E-state index in [1.807, 2.05) is 0 Å². The van der Waals surface area contributed by atoms with Gasteiger partial charge in [0.15, 0.2) is 0 Å². The molecule has 2 rings (SSSR count). The number of nitrogens with zero attached hydrogens (tertiary/aromatic N) is 3. The molecule has 1 amide bonds. The molecule has 0 radical (unpaired) electrons. The third kappa shape index (κ3) is 4.26. The number of nitrogen functional groups attached to an aromatic ring is 1. The van der Waals surface area contributed by atoms with Gasteiger partial charge in [-0.1, -0.05) is 23.4 Å². The first-order valence-electron chi connectivity index (χ1n) is 5.84. The molecule has 0 aliphatic rings. The van der Waals surface area contributed by atoms with Gasteiger partial charge in [-0.2, -0.15) is 13.2 Å². The molecule has 23 heavy (non-hydrogen) atoms. The molecule has 0 spiro atoms. The minimum absolute atomic E-state index is 0.00954. The fourth-order valence-electron chi connectivity index (χ4n) is 1.48. The molecule has 0 saturated carbocycles. The summed E-state index contributed by atoms with van der Waals surface area (Å²) >= 11 is 6.39. The third-order valence-corrected chi connectivity index (χ3v) is 3.71. The lowest BCUT2D eigenvalue weighted by atomic mass is 10.3. The summed E-state index contributed by atoms with van der Waals surface area (Å²) in [6.45, 7) is 0. The summed E-state index contributed by atoms with van der Waals surface area (Å²) in [4.78, 5) is 11.7. The van der Waals surface area contributed by atoms with E-state index >= 15 is 0 Å². The fraction of sp³-hybridized carbons (Fsp3) is 0.182. The van der Waals surface area contributed by atoms with E-state index in [0.717, 1.165) is 12.1 Å². The molecule has 0 aliphatic heterocycles.